The van der Waals surface area contributed by atoms with Crippen molar-refractivity contribution in [2.45, 2.75) is 96.5 Å². The molecule has 3 unspecified atom stereocenters. The van der Waals surface area contributed by atoms with Gasteiger partial charge in [0.1, 0.15) is 5.60 Å². The summed E-state index contributed by atoms with van der Waals surface area (Å²) < 4.78 is 27.7. The molecule has 0 aliphatic heterocycles. The van der Waals surface area contributed by atoms with Gasteiger partial charge in [-0.05, 0) is 90.3 Å². The molecule has 0 amide bonds. The predicted octanol–water partition coefficient (Wildman–Crippen LogP) is 6.40. The van der Waals surface area contributed by atoms with E-state index < -0.39 is 32.8 Å². The van der Waals surface area contributed by atoms with Gasteiger partial charge in [0.2, 0.25) is 0 Å². The summed E-state index contributed by atoms with van der Waals surface area (Å²) in [5.41, 5.74) is 1.70. The smallest absolute Gasteiger partial charge is 0.309 e. The van der Waals surface area contributed by atoms with E-state index in [-0.39, 0.29) is 30.9 Å². The van der Waals surface area contributed by atoms with Crippen molar-refractivity contribution in [3.63, 3.8) is 0 Å². The Morgan fingerprint density at radius 1 is 1.00 bits per heavy atom. The van der Waals surface area contributed by atoms with Crippen molar-refractivity contribution >= 4 is 22.9 Å². The van der Waals surface area contributed by atoms with Gasteiger partial charge >= 0.3 is 11.9 Å². The second kappa shape index (κ2) is 12.8. The van der Waals surface area contributed by atoms with E-state index in [0.717, 1.165) is 16.7 Å². The van der Waals surface area contributed by atoms with Crippen LogP contribution in [-0.4, -0.2) is 38.6 Å². The van der Waals surface area contributed by atoms with Crippen molar-refractivity contribution in [1.29, 1.82) is 0 Å². The Balaban J connectivity index is 2.10. The number of nitrogens with one attached hydrogen (secondary N) is 1. The second-order valence-electron chi connectivity index (χ2n) is 12.5. The van der Waals surface area contributed by atoms with Gasteiger partial charge in [-0.15, -0.1) is 0 Å². The molecule has 0 bridgehead atoms. The van der Waals surface area contributed by atoms with Crippen LogP contribution in [0.25, 0.3) is 11.1 Å². The minimum atomic E-state index is -1.46. The maximum Gasteiger partial charge on any atom is 0.309 e. The van der Waals surface area contributed by atoms with Crippen LogP contribution in [0, 0.1) is 11.8 Å². The van der Waals surface area contributed by atoms with E-state index in [9.17, 15) is 13.8 Å². The molecule has 0 saturated heterocycles. The number of esters is 2. The van der Waals surface area contributed by atoms with Gasteiger partial charge in [0.25, 0.3) is 0 Å². The lowest BCUT2D eigenvalue weighted by Gasteiger charge is -2.48. The minimum absolute atomic E-state index is 0.0327. The third-order valence-electron chi connectivity index (χ3n) is 7.15. The molecular formula is C32H45NO5S. The molecule has 214 valence electrons. The maximum atomic E-state index is 13.6. The van der Waals surface area contributed by atoms with Crippen LogP contribution >= 0.6 is 0 Å². The number of hydrogen-bond donors (Lipinski definition) is 1. The van der Waals surface area contributed by atoms with E-state index >= 15 is 0 Å². The molecule has 0 aromatic heterocycles. The summed E-state index contributed by atoms with van der Waals surface area (Å²) in [6, 6.07) is 18.5. The highest BCUT2D eigenvalue weighted by Gasteiger charge is 2.51. The SMILES string of the molecule is CCOC(=O)CC1(N[S@](=O)C(C)(C)C)CCCC(C(=O)OC(C)(C)C)C1Cc1cccc(-c2ccccc2)c1. The minimum Gasteiger partial charge on any atom is -0.466 e. The van der Waals surface area contributed by atoms with Crippen LogP contribution in [-0.2, 0) is 36.5 Å². The van der Waals surface area contributed by atoms with E-state index in [4.69, 9.17) is 9.47 Å². The van der Waals surface area contributed by atoms with Crippen molar-refractivity contribution < 1.29 is 23.3 Å². The highest BCUT2D eigenvalue weighted by molar-refractivity contribution is 7.84. The highest BCUT2D eigenvalue weighted by Crippen LogP contribution is 2.44. The molecule has 7 heteroatoms. The highest BCUT2D eigenvalue weighted by atomic mass is 32.2. The molecule has 3 rings (SSSR count). The van der Waals surface area contributed by atoms with Crippen molar-refractivity contribution in [3.05, 3.63) is 60.2 Å². The molecule has 4 atom stereocenters. The standard InChI is InChI=1S/C32H45NO5S/c1-8-37-28(34)22-32(33-39(36)31(5,6)7)19-13-18-26(29(35)38-30(2,3)4)27(32)21-23-14-12-17-25(20-23)24-15-10-9-11-16-24/h9-12,14-17,20,26-27,33H,8,13,18-19,21-22H2,1-7H3/t26?,27?,32?,39-/m1/s1. The molecule has 0 heterocycles. The average Bonchev–Trinajstić information content (AvgIpc) is 2.84. The lowest BCUT2D eigenvalue weighted by Crippen LogP contribution is -2.61. The van der Waals surface area contributed by atoms with Gasteiger partial charge in [0, 0.05) is 5.54 Å². The van der Waals surface area contributed by atoms with Crippen LogP contribution in [0.4, 0.5) is 0 Å². The lowest BCUT2D eigenvalue weighted by molar-refractivity contribution is -0.166. The molecule has 1 saturated carbocycles. The van der Waals surface area contributed by atoms with Gasteiger partial charge in [-0.3, -0.25) is 9.59 Å². The zero-order valence-electron chi connectivity index (χ0n) is 24.5. The third kappa shape index (κ3) is 8.49. The molecule has 2 aromatic rings. The summed E-state index contributed by atoms with van der Waals surface area (Å²) in [5.74, 6) is -1.42. The van der Waals surface area contributed by atoms with Crippen LogP contribution in [0.2, 0.25) is 0 Å². The summed E-state index contributed by atoms with van der Waals surface area (Å²) in [6.07, 6.45) is 2.52. The summed E-state index contributed by atoms with van der Waals surface area (Å²) in [7, 11) is -1.46. The number of benzene rings is 2. The summed E-state index contributed by atoms with van der Waals surface area (Å²) in [6.45, 7) is 13.3. The van der Waals surface area contributed by atoms with Crippen LogP contribution < -0.4 is 4.72 Å². The van der Waals surface area contributed by atoms with Crippen LogP contribution in [0.15, 0.2) is 54.6 Å². The molecule has 39 heavy (non-hydrogen) atoms. The van der Waals surface area contributed by atoms with Gasteiger partial charge in [0.05, 0.1) is 34.7 Å². The molecule has 1 aliphatic carbocycles. The molecule has 0 radical (unpaired) electrons. The first-order valence-corrected chi connectivity index (χ1v) is 15.1. The Morgan fingerprint density at radius 2 is 1.67 bits per heavy atom. The Morgan fingerprint density at radius 3 is 2.28 bits per heavy atom. The third-order valence-corrected chi connectivity index (χ3v) is 8.85. The Hall–Kier alpha value is -2.51. The largest absolute Gasteiger partial charge is 0.466 e. The first-order chi connectivity index (χ1) is 18.2. The molecular weight excluding hydrogens is 510 g/mol. The number of hydrogen-bond acceptors (Lipinski definition) is 5. The normalized spacial score (nSPS) is 22.6. The van der Waals surface area contributed by atoms with Gasteiger partial charge < -0.3 is 9.47 Å². The maximum absolute atomic E-state index is 13.6. The first-order valence-electron chi connectivity index (χ1n) is 14.0. The zero-order valence-corrected chi connectivity index (χ0v) is 25.4. The fraction of sp³-hybridized carbons (Fsp3) is 0.562. The number of carbonyl (C=O) groups excluding carboxylic acids is 2. The summed E-state index contributed by atoms with van der Waals surface area (Å²) >= 11 is 0. The van der Waals surface area contributed by atoms with Gasteiger partial charge in [-0.25, -0.2) is 8.93 Å². The monoisotopic (exact) mass is 555 g/mol. The molecule has 1 N–H and O–H groups in total. The quantitative estimate of drug-likeness (QED) is 0.362. The number of rotatable bonds is 9. The van der Waals surface area contributed by atoms with Crippen molar-refractivity contribution in [3.8, 4) is 11.1 Å². The van der Waals surface area contributed by atoms with Crippen LogP contribution in [0.3, 0.4) is 0 Å². The van der Waals surface area contributed by atoms with E-state index in [1.165, 1.54) is 0 Å². The van der Waals surface area contributed by atoms with Crippen molar-refractivity contribution in [2.24, 2.45) is 11.8 Å². The predicted molar refractivity (Wildman–Crippen MR) is 157 cm³/mol. The number of ether oxygens (including phenoxy) is 2. The zero-order chi connectivity index (χ0) is 28.8. The van der Waals surface area contributed by atoms with Crippen LogP contribution in [0.1, 0.15) is 79.7 Å². The topological polar surface area (TPSA) is 81.7 Å². The Labute approximate surface area is 236 Å². The molecule has 0 spiro atoms. The fourth-order valence-electron chi connectivity index (χ4n) is 5.36. The second-order valence-corrected chi connectivity index (χ2v) is 14.5. The Bertz CT molecular complexity index is 1150. The first kappa shape index (κ1) is 31.0. The lowest BCUT2D eigenvalue weighted by atomic mass is 9.63. The van der Waals surface area contributed by atoms with E-state index in [2.05, 4.69) is 35.1 Å². The molecule has 6 nitrogen and oxygen atoms in total. The van der Waals surface area contributed by atoms with Gasteiger partial charge in [-0.1, -0.05) is 61.0 Å². The van der Waals surface area contributed by atoms with Gasteiger partial charge in [-0.2, -0.15) is 0 Å². The molecule has 1 aliphatic rings. The summed E-state index contributed by atoms with van der Waals surface area (Å²) in [5, 5.41) is 0. The Kier molecular flexibility index (Phi) is 10.2. The van der Waals surface area contributed by atoms with E-state index in [1.807, 2.05) is 65.8 Å². The van der Waals surface area contributed by atoms with E-state index in [1.54, 1.807) is 6.92 Å². The molecule has 2 aromatic carbocycles. The van der Waals surface area contributed by atoms with Crippen LogP contribution in [0.5, 0.6) is 0 Å². The van der Waals surface area contributed by atoms with E-state index in [0.29, 0.717) is 25.7 Å². The number of carbonyl (C=O) groups is 2. The van der Waals surface area contributed by atoms with Crippen molar-refractivity contribution in [1.82, 2.24) is 4.72 Å². The average molecular weight is 556 g/mol. The van der Waals surface area contributed by atoms with Crippen molar-refractivity contribution in [2.75, 3.05) is 6.61 Å². The fourth-order valence-corrected chi connectivity index (χ4v) is 6.36. The summed E-state index contributed by atoms with van der Waals surface area (Å²) in [4.78, 5) is 26.7. The van der Waals surface area contributed by atoms with Gasteiger partial charge in [0.15, 0.2) is 0 Å². The molecule has 1 fully saturated rings.